The molecule has 0 aromatic rings. The number of terminal acetylenes is 2. The van der Waals surface area contributed by atoms with E-state index in [9.17, 15) is 4.79 Å². The van der Waals surface area contributed by atoms with E-state index in [-0.39, 0.29) is 5.97 Å². The number of ether oxygens (including phenoxy) is 1. The predicted molar refractivity (Wildman–Crippen MR) is 93.3 cm³/mol. The molecule has 0 heterocycles. The van der Waals surface area contributed by atoms with Crippen LogP contribution < -0.4 is 0 Å². The number of hydrogen-bond donors (Lipinski definition) is 0. The number of esters is 1. The highest BCUT2D eigenvalue weighted by Crippen LogP contribution is 2.09. The van der Waals surface area contributed by atoms with Gasteiger partial charge in [-0.15, -0.1) is 24.7 Å². The van der Waals surface area contributed by atoms with Gasteiger partial charge in [0.1, 0.15) is 0 Å². The molecule has 0 atom stereocenters. The fraction of sp³-hybridized carbons (Fsp3) is 0.750. The fourth-order valence-corrected chi connectivity index (χ4v) is 2.32. The summed E-state index contributed by atoms with van der Waals surface area (Å²) in [6, 6.07) is 0. The molecule has 22 heavy (non-hydrogen) atoms. The van der Waals surface area contributed by atoms with Crippen molar-refractivity contribution in [2.24, 2.45) is 0 Å². The molecule has 2 heteroatoms. The number of hydrogen-bond acceptors (Lipinski definition) is 2. The average Bonchev–Trinajstić information content (AvgIpc) is 2.52. The Morgan fingerprint density at radius 3 is 1.68 bits per heavy atom. The molecule has 0 amide bonds. The van der Waals surface area contributed by atoms with E-state index in [1.807, 2.05) is 0 Å². The lowest BCUT2D eigenvalue weighted by Crippen LogP contribution is -2.05. The van der Waals surface area contributed by atoms with Crippen molar-refractivity contribution in [1.29, 1.82) is 0 Å². The van der Waals surface area contributed by atoms with Gasteiger partial charge in [-0.25, -0.2) is 0 Å². The van der Waals surface area contributed by atoms with Crippen molar-refractivity contribution in [3.05, 3.63) is 0 Å². The third kappa shape index (κ3) is 16.6. The van der Waals surface area contributed by atoms with Crippen molar-refractivity contribution in [1.82, 2.24) is 0 Å². The Morgan fingerprint density at radius 2 is 1.14 bits per heavy atom. The summed E-state index contributed by atoms with van der Waals surface area (Å²) in [6.45, 7) is 0.570. The normalized spacial score (nSPS) is 9.91. The van der Waals surface area contributed by atoms with Gasteiger partial charge in [0.15, 0.2) is 0 Å². The van der Waals surface area contributed by atoms with Gasteiger partial charge in [0.05, 0.1) is 6.61 Å². The minimum Gasteiger partial charge on any atom is -0.466 e. The molecule has 0 saturated carbocycles. The summed E-state index contributed by atoms with van der Waals surface area (Å²) in [5.74, 6) is 5.26. The second-order valence-electron chi connectivity index (χ2n) is 5.77. The smallest absolute Gasteiger partial charge is 0.305 e. The van der Waals surface area contributed by atoms with Crippen LogP contribution in [0.4, 0.5) is 0 Å². The van der Waals surface area contributed by atoms with E-state index in [4.69, 9.17) is 17.6 Å². The van der Waals surface area contributed by atoms with Crippen LogP contribution >= 0.6 is 0 Å². The van der Waals surface area contributed by atoms with Crippen LogP contribution in [0.3, 0.4) is 0 Å². The summed E-state index contributed by atoms with van der Waals surface area (Å²) in [5.41, 5.74) is 0. The van der Waals surface area contributed by atoms with E-state index in [0.29, 0.717) is 13.0 Å². The monoisotopic (exact) mass is 304 g/mol. The Hall–Kier alpha value is -1.41. The van der Waals surface area contributed by atoms with Gasteiger partial charge in [0, 0.05) is 19.3 Å². The van der Waals surface area contributed by atoms with E-state index in [0.717, 1.165) is 51.4 Å². The van der Waals surface area contributed by atoms with Crippen molar-refractivity contribution in [2.75, 3.05) is 6.61 Å². The summed E-state index contributed by atoms with van der Waals surface area (Å²) in [6.07, 6.45) is 25.1. The Kier molecular flexibility index (Phi) is 16.5. The van der Waals surface area contributed by atoms with E-state index < -0.39 is 0 Å². The minimum absolute atomic E-state index is 0.0420. The molecule has 0 rings (SSSR count). The number of rotatable bonds is 15. The number of unbranched alkanes of at least 4 members (excludes halogenated alkanes) is 11. The third-order valence-electron chi connectivity index (χ3n) is 3.68. The van der Waals surface area contributed by atoms with E-state index in [1.165, 1.54) is 32.1 Å². The molecule has 124 valence electrons. The predicted octanol–water partition coefficient (Wildman–Crippen LogP) is 5.26. The Morgan fingerprint density at radius 1 is 0.682 bits per heavy atom. The Balaban J connectivity index is 3.17. The molecule has 2 nitrogen and oxygen atoms in total. The summed E-state index contributed by atoms with van der Waals surface area (Å²) < 4.78 is 5.24. The van der Waals surface area contributed by atoms with Crippen LogP contribution in [0.2, 0.25) is 0 Å². The first kappa shape index (κ1) is 20.6. The van der Waals surface area contributed by atoms with Gasteiger partial charge in [-0.05, 0) is 25.7 Å². The van der Waals surface area contributed by atoms with Gasteiger partial charge in [0.2, 0.25) is 0 Å². The maximum Gasteiger partial charge on any atom is 0.305 e. The van der Waals surface area contributed by atoms with Gasteiger partial charge in [-0.2, -0.15) is 0 Å². The lowest BCUT2D eigenvalue weighted by Gasteiger charge is -2.05. The van der Waals surface area contributed by atoms with E-state index in [1.54, 1.807) is 0 Å². The summed E-state index contributed by atoms with van der Waals surface area (Å²) in [4.78, 5) is 11.5. The van der Waals surface area contributed by atoms with Crippen molar-refractivity contribution >= 4 is 5.97 Å². The lowest BCUT2D eigenvalue weighted by atomic mass is 10.1. The maximum absolute atomic E-state index is 11.5. The van der Waals surface area contributed by atoms with Gasteiger partial charge in [-0.1, -0.05) is 44.9 Å². The van der Waals surface area contributed by atoms with Crippen LogP contribution in [0.25, 0.3) is 0 Å². The highest BCUT2D eigenvalue weighted by molar-refractivity contribution is 5.69. The first-order valence-corrected chi connectivity index (χ1v) is 8.83. The Bertz CT molecular complexity index is 301. The van der Waals surface area contributed by atoms with Gasteiger partial charge in [0.25, 0.3) is 0 Å². The summed E-state index contributed by atoms with van der Waals surface area (Å²) in [7, 11) is 0. The van der Waals surface area contributed by atoms with Crippen LogP contribution in [0.5, 0.6) is 0 Å². The van der Waals surface area contributed by atoms with Crippen LogP contribution in [-0.2, 0) is 9.53 Å². The molecule has 0 fully saturated rings. The largest absolute Gasteiger partial charge is 0.466 e. The topological polar surface area (TPSA) is 26.3 Å². The molecular formula is C20H32O2. The van der Waals surface area contributed by atoms with Crippen LogP contribution in [0.1, 0.15) is 89.9 Å². The molecule has 0 aromatic heterocycles. The third-order valence-corrected chi connectivity index (χ3v) is 3.68. The molecule has 0 unspecified atom stereocenters. The first-order valence-electron chi connectivity index (χ1n) is 8.83. The standard InChI is InChI=1S/C20H32O2/c1-3-5-7-9-11-12-14-16-18-20(21)22-19-17-15-13-10-8-6-4-2/h1-2H,5-19H2. The van der Waals surface area contributed by atoms with E-state index in [2.05, 4.69) is 11.8 Å². The highest BCUT2D eigenvalue weighted by Gasteiger charge is 2.02. The quantitative estimate of drug-likeness (QED) is 0.234. The zero-order chi connectivity index (χ0) is 16.3. The molecule has 0 N–H and O–H groups in total. The molecule has 0 spiro atoms. The lowest BCUT2D eigenvalue weighted by molar-refractivity contribution is -0.143. The average molecular weight is 304 g/mol. The molecule has 0 aliphatic carbocycles. The summed E-state index contributed by atoms with van der Waals surface area (Å²) >= 11 is 0. The summed E-state index contributed by atoms with van der Waals surface area (Å²) in [5, 5.41) is 0. The number of carbonyl (C=O) groups excluding carboxylic acids is 1. The Labute approximate surface area is 137 Å². The first-order chi connectivity index (χ1) is 10.8. The molecular weight excluding hydrogens is 272 g/mol. The highest BCUT2D eigenvalue weighted by atomic mass is 16.5. The van der Waals surface area contributed by atoms with Gasteiger partial charge in [-0.3, -0.25) is 4.79 Å². The van der Waals surface area contributed by atoms with Crippen molar-refractivity contribution in [2.45, 2.75) is 89.9 Å². The van der Waals surface area contributed by atoms with Crippen LogP contribution in [0, 0.1) is 24.7 Å². The second kappa shape index (κ2) is 17.6. The molecule has 0 aliphatic rings. The van der Waals surface area contributed by atoms with Crippen LogP contribution in [0.15, 0.2) is 0 Å². The molecule has 0 bridgehead atoms. The fourth-order valence-electron chi connectivity index (χ4n) is 2.32. The SMILES string of the molecule is C#CCCCCCCCCC(=O)OCCCCCCCC#C. The van der Waals surface area contributed by atoms with Gasteiger partial charge < -0.3 is 4.74 Å². The minimum atomic E-state index is -0.0420. The zero-order valence-corrected chi connectivity index (χ0v) is 14.1. The molecule has 0 saturated heterocycles. The maximum atomic E-state index is 11.5. The zero-order valence-electron chi connectivity index (χ0n) is 14.1. The molecule has 0 radical (unpaired) electrons. The second-order valence-corrected chi connectivity index (χ2v) is 5.77. The molecule has 0 aliphatic heterocycles. The molecule has 0 aromatic carbocycles. The van der Waals surface area contributed by atoms with Crippen LogP contribution in [-0.4, -0.2) is 12.6 Å². The van der Waals surface area contributed by atoms with E-state index >= 15 is 0 Å². The van der Waals surface area contributed by atoms with Crippen molar-refractivity contribution in [3.8, 4) is 24.7 Å². The number of carbonyl (C=O) groups is 1. The van der Waals surface area contributed by atoms with Crippen molar-refractivity contribution in [3.63, 3.8) is 0 Å². The van der Waals surface area contributed by atoms with Gasteiger partial charge >= 0.3 is 5.97 Å². The van der Waals surface area contributed by atoms with Crippen molar-refractivity contribution < 1.29 is 9.53 Å².